The van der Waals surface area contributed by atoms with Gasteiger partial charge in [0.05, 0.1) is 18.2 Å². The SMILES string of the molecule is Cn1cc(CC(C#N)CCl)cn1. The van der Waals surface area contributed by atoms with Crippen LogP contribution in [0.15, 0.2) is 12.4 Å². The van der Waals surface area contributed by atoms with E-state index in [1.165, 1.54) is 0 Å². The summed E-state index contributed by atoms with van der Waals surface area (Å²) in [5.74, 6) is 0.279. The minimum Gasteiger partial charge on any atom is -0.276 e. The second-order valence-electron chi connectivity index (χ2n) is 2.71. The number of aromatic nitrogens is 2. The molecular formula is C8H10ClN3. The van der Waals surface area contributed by atoms with E-state index in [4.69, 9.17) is 16.9 Å². The number of hydrogen-bond acceptors (Lipinski definition) is 2. The molecule has 0 aliphatic carbocycles. The summed E-state index contributed by atoms with van der Waals surface area (Å²) in [5.41, 5.74) is 1.06. The third-order valence-electron chi connectivity index (χ3n) is 1.61. The molecule has 1 aromatic rings. The Labute approximate surface area is 76.6 Å². The van der Waals surface area contributed by atoms with Crippen LogP contribution in [0.3, 0.4) is 0 Å². The maximum absolute atomic E-state index is 8.63. The lowest BCUT2D eigenvalue weighted by Gasteiger charge is -1.99. The first-order chi connectivity index (χ1) is 5.76. The van der Waals surface area contributed by atoms with E-state index < -0.39 is 0 Å². The Morgan fingerprint density at radius 1 is 1.83 bits per heavy atom. The lowest BCUT2D eigenvalue weighted by Crippen LogP contribution is -2.02. The zero-order valence-corrected chi connectivity index (χ0v) is 7.62. The highest BCUT2D eigenvalue weighted by molar-refractivity contribution is 6.18. The van der Waals surface area contributed by atoms with Gasteiger partial charge in [-0.05, 0) is 12.0 Å². The minimum atomic E-state index is -0.101. The third-order valence-corrected chi connectivity index (χ3v) is 1.98. The van der Waals surface area contributed by atoms with Crippen LogP contribution in [0, 0.1) is 17.2 Å². The van der Waals surface area contributed by atoms with Crippen LogP contribution in [0.4, 0.5) is 0 Å². The summed E-state index contributed by atoms with van der Waals surface area (Å²) in [4.78, 5) is 0. The number of alkyl halides is 1. The Kier molecular flexibility index (Phi) is 3.12. The summed E-state index contributed by atoms with van der Waals surface area (Å²) in [6, 6.07) is 2.14. The Morgan fingerprint density at radius 2 is 2.58 bits per heavy atom. The molecule has 4 heteroatoms. The molecule has 0 saturated carbocycles. The molecule has 1 aromatic heterocycles. The van der Waals surface area contributed by atoms with Crippen LogP contribution in [-0.4, -0.2) is 15.7 Å². The van der Waals surface area contributed by atoms with Crippen LogP contribution in [0.25, 0.3) is 0 Å². The average molecular weight is 184 g/mol. The smallest absolute Gasteiger partial charge is 0.0671 e. The predicted molar refractivity (Wildman–Crippen MR) is 46.7 cm³/mol. The monoisotopic (exact) mass is 183 g/mol. The molecule has 0 saturated heterocycles. The van der Waals surface area contributed by atoms with Crippen LogP contribution in [0.5, 0.6) is 0 Å². The molecule has 1 heterocycles. The van der Waals surface area contributed by atoms with Crippen molar-refractivity contribution in [2.24, 2.45) is 13.0 Å². The summed E-state index contributed by atoms with van der Waals surface area (Å²) >= 11 is 5.57. The Morgan fingerprint density at radius 3 is 3.00 bits per heavy atom. The molecule has 0 amide bonds. The van der Waals surface area contributed by atoms with Crippen molar-refractivity contribution < 1.29 is 0 Å². The van der Waals surface area contributed by atoms with Crippen molar-refractivity contribution in [3.8, 4) is 6.07 Å². The Hall–Kier alpha value is -1.01. The van der Waals surface area contributed by atoms with E-state index in [9.17, 15) is 0 Å². The molecule has 1 atom stereocenters. The van der Waals surface area contributed by atoms with Gasteiger partial charge in [-0.3, -0.25) is 4.68 Å². The van der Waals surface area contributed by atoms with Crippen LogP contribution in [0.1, 0.15) is 5.56 Å². The molecule has 0 fully saturated rings. The first kappa shape index (κ1) is 9.08. The van der Waals surface area contributed by atoms with Crippen molar-refractivity contribution in [1.82, 2.24) is 9.78 Å². The summed E-state index contributed by atoms with van der Waals surface area (Å²) in [5, 5.41) is 12.6. The van der Waals surface area contributed by atoms with Crippen LogP contribution in [-0.2, 0) is 13.5 Å². The van der Waals surface area contributed by atoms with Gasteiger partial charge in [0.2, 0.25) is 0 Å². The highest BCUT2D eigenvalue weighted by Crippen LogP contribution is 2.08. The molecule has 3 nitrogen and oxygen atoms in total. The maximum atomic E-state index is 8.63. The van der Waals surface area contributed by atoms with Crippen LogP contribution < -0.4 is 0 Å². The van der Waals surface area contributed by atoms with Gasteiger partial charge in [0, 0.05) is 19.1 Å². The second kappa shape index (κ2) is 4.13. The standard InChI is InChI=1S/C8H10ClN3/c1-12-6-8(5-11-12)2-7(3-9)4-10/h5-7H,2-3H2,1H3. The number of hydrogen-bond donors (Lipinski definition) is 0. The van der Waals surface area contributed by atoms with E-state index in [0.717, 1.165) is 5.56 Å². The lowest BCUT2D eigenvalue weighted by atomic mass is 10.1. The molecular weight excluding hydrogens is 174 g/mol. The Bertz CT molecular complexity index is 287. The fourth-order valence-corrected chi connectivity index (χ4v) is 1.17. The predicted octanol–water partition coefficient (Wildman–Crippen LogP) is 1.34. The molecule has 0 aromatic carbocycles. The van der Waals surface area contributed by atoms with E-state index in [-0.39, 0.29) is 5.92 Å². The molecule has 0 radical (unpaired) electrons. The fraction of sp³-hybridized carbons (Fsp3) is 0.500. The average Bonchev–Trinajstić information content (AvgIpc) is 2.47. The molecule has 0 aliphatic rings. The highest BCUT2D eigenvalue weighted by Gasteiger charge is 2.07. The van der Waals surface area contributed by atoms with Gasteiger partial charge >= 0.3 is 0 Å². The maximum Gasteiger partial charge on any atom is 0.0671 e. The van der Waals surface area contributed by atoms with E-state index in [0.29, 0.717) is 12.3 Å². The van der Waals surface area contributed by atoms with Gasteiger partial charge in [-0.15, -0.1) is 11.6 Å². The zero-order chi connectivity index (χ0) is 8.97. The van der Waals surface area contributed by atoms with E-state index in [2.05, 4.69) is 11.2 Å². The number of nitriles is 1. The van der Waals surface area contributed by atoms with E-state index in [1.807, 2.05) is 13.2 Å². The number of nitrogens with zero attached hydrogens (tertiary/aromatic N) is 3. The van der Waals surface area contributed by atoms with Gasteiger partial charge in [0.25, 0.3) is 0 Å². The number of aryl methyl sites for hydroxylation is 1. The van der Waals surface area contributed by atoms with Crippen molar-refractivity contribution >= 4 is 11.6 Å². The van der Waals surface area contributed by atoms with Gasteiger partial charge < -0.3 is 0 Å². The van der Waals surface area contributed by atoms with Gasteiger partial charge in [0.15, 0.2) is 0 Å². The first-order valence-electron chi connectivity index (χ1n) is 3.69. The summed E-state index contributed by atoms with van der Waals surface area (Å²) in [7, 11) is 1.85. The van der Waals surface area contributed by atoms with Gasteiger partial charge in [0.1, 0.15) is 0 Å². The normalized spacial score (nSPS) is 12.4. The van der Waals surface area contributed by atoms with E-state index in [1.54, 1.807) is 10.9 Å². The number of rotatable bonds is 3. The molecule has 1 unspecified atom stereocenters. The van der Waals surface area contributed by atoms with Crippen molar-refractivity contribution in [1.29, 1.82) is 5.26 Å². The highest BCUT2D eigenvalue weighted by atomic mass is 35.5. The quantitative estimate of drug-likeness (QED) is 0.664. The minimum absolute atomic E-state index is 0.101. The second-order valence-corrected chi connectivity index (χ2v) is 3.02. The summed E-state index contributed by atoms with van der Waals surface area (Å²) in [6.07, 6.45) is 4.35. The van der Waals surface area contributed by atoms with Gasteiger partial charge in [-0.2, -0.15) is 10.4 Å². The van der Waals surface area contributed by atoms with Crippen molar-refractivity contribution in [3.05, 3.63) is 18.0 Å². The van der Waals surface area contributed by atoms with Crippen molar-refractivity contribution in [2.45, 2.75) is 6.42 Å². The lowest BCUT2D eigenvalue weighted by molar-refractivity contribution is 0.740. The third kappa shape index (κ3) is 2.24. The molecule has 64 valence electrons. The topological polar surface area (TPSA) is 41.6 Å². The van der Waals surface area contributed by atoms with Gasteiger partial charge in [-0.25, -0.2) is 0 Å². The Balaban J connectivity index is 2.58. The van der Waals surface area contributed by atoms with Crippen LogP contribution >= 0.6 is 11.6 Å². The molecule has 0 spiro atoms. The van der Waals surface area contributed by atoms with Crippen molar-refractivity contribution in [2.75, 3.05) is 5.88 Å². The summed E-state index contributed by atoms with van der Waals surface area (Å²) < 4.78 is 1.72. The van der Waals surface area contributed by atoms with Crippen molar-refractivity contribution in [3.63, 3.8) is 0 Å². The van der Waals surface area contributed by atoms with Gasteiger partial charge in [-0.1, -0.05) is 0 Å². The molecule has 0 bridgehead atoms. The largest absolute Gasteiger partial charge is 0.276 e. The molecule has 1 rings (SSSR count). The first-order valence-corrected chi connectivity index (χ1v) is 4.23. The van der Waals surface area contributed by atoms with Crippen LogP contribution in [0.2, 0.25) is 0 Å². The van der Waals surface area contributed by atoms with E-state index >= 15 is 0 Å². The number of halogens is 1. The molecule has 12 heavy (non-hydrogen) atoms. The fourth-order valence-electron chi connectivity index (χ4n) is 0.997. The molecule has 0 aliphatic heterocycles. The zero-order valence-electron chi connectivity index (χ0n) is 6.87. The molecule has 0 N–H and O–H groups in total. The summed E-state index contributed by atoms with van der Waals surface area (Å²) in [6.45, 7) is 0.